The Morgan fingerprint density at radius 2 is 2.03 bits per heavy atom. The third kappa shape index (κ3) is 3.79. The summed E-state index contributed by atoms with van der Waals surface area (Å²) in [5.74, 6) is 0.289. The lowest BCUT2D eigenvalue weighted by molar-refractivity contribution is -0.934. The number of nitrogens with zero attached hydrogens (tertiary/aromatic N) is 4. The first-order chi connectivity index (χ1) is 14.6. The zero-order chi connectivity index (χ0) is 20.7. The molecule has 1 amide bonds. The maximum atomic E-state index is 13.1. The van der Waals surface area contributed by atoms with Crippen LogP contribution in [-0.4, -0.2) is 70.5 Å². The van der Waals surface area contributed by atoms with Crippen molar-refractivity contribution in [2.75, 3.05) is 32.7 Å². The highest BCUT2D eigenvalue weighted by atomic mass is 32.1. The molecule has 30 heavy (non-hydrogen) atoms. The summed E-state index contributed by atoms with van der Waals surface area (Å²) < 4.78 is 0. The smallest absolute Gasteiger partial charge is 0.237 e. The predicted molar refractivity (Wildman–Crippen MR) is 119 cm³/mol. The molecule has 2 aromatic rings. The summed E-state index contributed by atoms with van der Waals surface area (Å²) >= 11 is 1.62. The molecule has 0 aromatic carbocycles. The molecular weight excluding hydrogens is 394 g/mol. The number of thiazole rings is 1. The number of nitrogens with one attached hydrogen (secondary N) is 1. The van der Waals surface area contributed by atoms with Gasteiger partial charge < -0.3 is 9.80 Å². The first-order valence-electron chi connectivity index (χ1n) is 11.4. The van der Waals surface area contributed by atoms with Crippen molar-refractivity contribution in [3.8, 4) is 10.7 Å². The molecule has 6 nitrogen and oxygen atoms in total. The Bertz CT molecular complexity index is 889. The van der Waals surface area contributed by atoms with E-state index in [2.05, 4.69) is 40.8 Å². The van der Waals surface area contributed by atoms with E-state index in [4.69, 9.17) is 4.98 Å². The molecule has 160 valence electrons. The summed E-state index contributed by atoms with van der Waals surface area (Å²) in [6.45, 7) is 9.01. The van der Waals surface area contributed by atoms with E-state index in [1.54, 1.807) is 16.2 Å². The normalized spacial score (nSPS) is 25.7. The van der Waals surface area contributed by atoms with Crippen molar-refractivity contribution >= 4 is 17.2 Å². The average molecular weight is 427 g/mol. The summed E-state index contributed by atoms with van der Waals surface area (Å²) in [5.41, 5.74) is 3.36. The van der Waals surface area contributed by atoms with Gasteiger partial charge in [-0.2, -0.15) is 0 Å². The SMILES string of the molecule is CC1Cc2nc(-c3nccs3)ccc2C(C)N1CC(=O)N1CC[NH+](C2CCC2)CC1. The molecule has 0 spiro atoms. The van der Waals surface area contributed by atoms with Crippen molar-refractivity contribution in [2.45, 2.75) is 57.7 Å². The third-order valence-electron chi connectivity index (χ3n) is 7.42. The Labute approximate surface area is 182 Å². The second-order valence-corrected chi connectivity index (χ2v) is 10.0. The van der Waals surface area contributed by atoms with Gasteiger partial charge in [0.2, 0.25) is 5.91 Å². The number of aromatic nitrogens is 2. The molecule has 2 aliphatic heterocycles. The number of fused-ring (bicyclic) bond motifs is 1. The Morgan fingerprint density at radius 1 is 1.23 bits per heavy atom. The van der Waals surface area contributed by atoms with E-state index in [0.717, 1.165) is 55.0 Å². The number of hydrogen-bond acceptors (Lipinski definition) is 5. The first-order valence-corrected chi connectivity index (χ1v) is 12.3. The number of pyridine rings is 1. The quantitative estimate of drug-likeness (QED) is 0.810. The van der Waals surface area contributed by atoms with Crippen molar-refractivity contribution < 1.29 is 9.69 Å². The number of piperazine rings is 1. The van der Waals surface area contributed by atoms with Gasteiger partial charge in [0.1, 0.15) is 5.01 Å². The van der Waals surface area contributed by atoms with Gasteiger partial charge in [0.05, 0.1) is 44.5 Å². The topological polar surface area (TPSA) is 53.8 Å². The lowest BCUT2D eigenvalue weighted by atomic mass is 9.91. The van der Waals surface area contributed by atoms with Gasteiger partial charge in [0, 0.05) is 35.8 Å². The molecule has 0 bridgehead atoms. The van der Waals surface area contributed by atoms with E-state index in [0.29, 0.717) is 12.6 Å². The summed E-state index contributed by atoms with van der Waals surface area (Å²) in [4.78, 5) is 28.6. The number of rotatable bonds is 4. The molecule has 1 N–H and O–H groups in total. The fourth-order valence-corrected chi connectivity index (χ4v) is 5.91. The van der Waals surface area contributed by atoms with Crippen molar-refractivity contribution in [2.24, 2.45) is 0 Å². The van der Waals surface area contributed by atoms with Gasteiger partial charge in [0.15, 0.2) is 0 Å². The van der Waals surface area contributed by atoms with Crippen LogP contribution in [-0.2, 0) is 11.2 Å². The lowest BCUT2D eigenvalue weighted by Gasteiger charge is -2.42. The van der Waals surface area contributed by atoms with Gasteiger partial charge in [-0.3, -0.25) is 9.69 Å². The summed E-state index contributed by atoms with van der Waals surface area (Å²) in [7, 11) is 0. The maximum absolute atomic E-state index is 13.1. The number of hydrogen-bond donors (Lipinski definition) is 1. The van der Waals surface area contributed by atoms with Crippen molar-refractivity contribution in [3.63, 3.8) is 0 Å². The van der Waals surface area contributed by atoms with Crippen LogP contribution < -0.4 is 4.90 Å². The minimum absolute atomic E-state index is 0.201. The van der Waals surface area contributed by atoms with E-state index in [1.165, 1.54) is 24.8 Å². The first kappa shape index (κ1) is 20.1. The zero-order valence-corrected chi connectivity index (χ0v) is 18.8. The number of carbonyl (C=O) groups is 1. The van der Waals surface area contributed by atoms with Crippen LogP contribution in [0.5, 0.6) is 0 Å². The van der Waals surface area contributed by atoms with E-state index < -0.39 is 0 Å². The maximum Gasteiger partial charge on any atom is 0.237 e. The van der Waals surface area contributed by atoms with Gasteiger partial charge in [-0.15, -0.1) is 11.3 Å². The molecule has 1 aliphatic carbocycles. The number of quaternary nitrogens is 1. The van der Waals surface area contributed by atoms with Crippen molar-refractivity contribution in [1.82, 2.24) is 19.8 Å². The second kappa shape index (κ2) is 8.36. The predicted octanol–water partition coefficient (Wildman–Crippen LogP) is 1.79. The Hall–Kier alpha value is -1.83. The minimum atomic E-state index is 0.201. The highest BCUT2D eigenvalue weighted by molar-refractivity contribution is 7.13. The number of carbonyl (C=O) groups excluding carboxylic acids is 1. The summed E-state index contributed by atoms with van der Waals surface area (Å²) in [6.07, 6.45) is 6.86. The van der Waals surface area contributed by atoms with Crippen molar-refractivity contribution in [3.05, 3.63) is 35.0 Å². The standard InChI is InChI=1S/C23H31N5OS/c1-16-14-21-19(6-7-20(25-21)23-24-8-13-30-23)17(2)28(16)15-22(29)27-11-9-26(10-12-27)18-4-3-5-18/h6-8,13,16-18H,3-5,9-12,14-15H2,1-2H3/p+1. The van der Waals surface area contributed by atoms with Gasteiger partial charge in [-0.05, 0) is 44.7 Å². The second-order valence-electron chi connectivity index (χ2n) is 9.14. The van der Waals surface area contributed by atoms with E-state index in [-0.39, 0.29) is 11.9 Å². The molecule has 2 fully saturated rings. The molecule has 4 heterocycles. The van der Waals surface area contributed by atoms with Gasteiger partial charge in [-0.1, -0.05) is 6.07 Å². The molecule has 1 saturated carbocycles. The van der Waals surface area contributed by atoms with Crippen LogP contribution in [0.2, 0.25) is 0 Å². The minimum Gasteiger partial charge on any atom is -0.330 e. The molecule has 7 heteroatoms. The van der Waals surface area contributed by atoms with Crippen LogP contribution in [0.25, 0.3) is 10.7 Å². The monoisotopic (exact) mass is 426 g/mol. The lowest BCUT2D eigenvalue weighted by Crippen LogP contribution is -3.19. The van der Waals surface area contributed by atoms with Gasteiger partial charge in [-0.25, -0.2) is 9.97 Å². The van der Waals surface area contributed by atoms with E-state index in [1.807, 2.05) is 11.6 Å². The van der Waals surface area contributed by atoms with E-state index in [9.17, 15) is 4.79 Å². The molecule has 2 atom stereocenters. The summed E-state index contributed by atoms with van der Waals surface area (Å²) in [5, 5.41) is 2.96. The number of amides is 1. The van der Waals surface area contributed by atoms with Crippen LogP contribution in [0.4, 0.5) is 0 Å². The fraction of sp³-hybridized carbons (Fsp3) is 0.609. The molecule has 2 unspecified atom stereocenters. The molecule has 0 radical (unpaired) electrons. The van der Waals surface area contributed by atoms with Crippen LogP contribution in [0, 0.1) is 0 Å². The highest BCUT2D eigenvalue weighted by Crippen LogP contribution is 2.33. The average Bonchev–Trinajstić information content (AvgIpc) is 3.25. The fourth-order valence-electron chi connectivity index (χ4n) is 5.30. The molecule has 3 aliphatic rings. The van der Waals surface area contributed by atoms with Crippen LogP contribution in [0.3, 0.4) is 0 Å². The molecule has 5 rings (SSSR count). The van der Waals surface area contributed by atoms with Crippen LogP contribution >= 0.6 is 11.3 Å². The van der Waals surface area contributed by atoms with Gasteiger partial charge >= 0.3 is 0 Å². The molecular formula is C23H32N5OS+. The molecule has 2 aromatic heterocycles. The van der Waals surface area contributed by atoms with Crippen molar-refractivity contribution in [1.29, 1.82) is 0 Å². The van der Waals surface area contributed by atoms with Crippen LogP contribution in [0.1, 0.15) is 50.4 Å². The van der Waals surface area contributed by atoms with E-state index >= 15 is 0 Å². The molecule has 1 saturated heterocycles. The van der Waals surface area contributed by atoms with Crippen LogP contribution in [0.15, 0.2) is 23.7 Å². The Balaban J connectivity index is 1.24. The van der Waals surface area contributed by atoms with Gasteiger partial charge in [0.25, 0.3) is 0 Å². The zero-order valence-electron chi connectivity index (χ0n) is 18.0. The summed E-state index contributed by atoms with van der Waals surface area (Å²) in [6, 6.07) is 5.63. The highest BCUT2D eigenvalue weighted by Gasteiger charge is 2.35. The Morgan fingerprint density at radius 3 is 2.70 bits per heavy atom. The largest absolute Gasteiger partial charge is 0.330 e. The Kier molecular flexibility index (Phi) is 5.60. The third-order valence-corrected chi connectivity index (χ3v) is 8.22.